The van der Waals surface area contributed by atoms with E-state index in [1.54, 1.807) is 0 Å². The first-order chi connectivity index (χ1) is 8.36. The van der Waals surface area contributed by atoms with Crippen LogP contribution < -0.4 is 0 Å². The number of ether oxygens (including phenoxy) is 1. The summed E-state index contributed by atoms with van der Waals surface area (Å²) in [6, 6.07) is 0. The molecule has 3 heteroatoms. The average molecular weight is 259 g/mol. The molecule has 0 N–H and O–H groups in total. The molecule has 1 saturated heterocycles. The molecule has 0 amide bonds. The quantitative estimate of drug-likeness (QED) is 0.503. The van der Waals surface area contributed by atoms with Gasteiger partial charge in [0.1, 0.15) is 0 Å². The molecule has 0 aromatic rings. The van der Waals surface area contributed by atoms with Gasteiger partial charge in [-0.2, -0.15) is 12.6 Å². The zero-order valence-electron chi connectivity index (χ0n) is 11.4. The third kappa shape index (κ3) is 7.32. The molecule has 1 heterocycles. The van der Waals surface area contributed by atoms with Gasteiger partial charge in [-0.1, -0.05) is 19.8 Å². The molecule has 0 aromatic carbocycles. The van der Waals surface area contributed by atoms with Crippen LogP contribution in [-0.4, -0.2) is 43.0 Å². The minimum Gasteiger partial charge on any atom is -0.377 e. The average Bonchev–Trinajstić information content (AvgIpc) is 2.37. The molecule has 0 aromatic heterocycles. The van der Waals surface area contributed by atoms with Gasteiger partial charge in [0.15, 0.2) is 0 Å². The number of likely N-dealkylation sites (tertiary alicyclic amines) is 1. The fraction of sp³-hybridized carbons (Fsp3) is 1.00. The highest BCUT2D eigenvalue weighted by Gasteiger charge is 2.19. The summed E-state index contributed by atoms with van der Waals surface area (Å²) in [5.74, 6) is 1.04. The van der Waals surface area contributed by atoms with Gasteiger partial charge in [0.05, 0.1) is 6.10 Å². The number of unbranched alkanes of at least 4 members (excludes halogenated alkanes) is 3. The summed E-state index contributed by atoms with van der Waals surface area (Å²) >= 11 is 4.24. The highest BCUT2D eigenvalue weighted by atomic mass is 32.1. The maximum atomic E-state index is 5.86. The number of piperidine rings is 1. The normalized spacial score (nSPS) is 21.9. The minimum atomic E-state index is 0.501. The Morgan fingerprint density at radius 1 is 1.24 bits per heavy atom. The molecule has 1 unspecified atom stereocenters. The lowest BCUT2D eigenvalue weighted by molar-refractivity contribution is -0.000355. The highest BCUT2D eigenvalue weighted by molar-refractivity contribution is 7.80. The second-order valence-corrected chi connectivity index (χ2v) is 5.52. The maximum Gasteiger partial charge on any atom is 0.0702 e. The van der Waals surface area contributed by atoms with E-state index in [0.29, 0.717) is 6.10 Å². The summed E-state index contributed by atoms with van der Waals surface area (Å²) < 4.78 is 5.86. The van der Waals surface area contributed by atoms with E-state index in [2.05, 4.69) is 24.5 Å². The van der Waals surface area contributed by atoms with Crippen LogP contribution in [0.15, 0.2) is 0 Å². The summed E-state index contributed by atoms with van der Waals surface area (Å²) in [5, 5.41) is 0. The predicted molar refractivity (Wildman–Crippen MR) is 78.0 cm³/mol. The number of rotatable bonds is 9. The van der Waals surface area contributed by atoms with Gasteiger partial charge in [0.25, 0.3) is 0 Å². The lowest BCUT2D eigenvalue weighted by Crippen LogP contribution is -2.40. The van der Waals surface area contributed by atoms with E-state index in [-0.39, 0.29) is 0 Å². The number of hydrogen-bond acceptors (Lipinski definition) is 3. The zero-order chi connectivity index (χ0) is 12.3. The molecule has 1 aliphatic rings. The SMILES string of the molecule is CCCOC1CCCN(CCCCCCS)C1. The second kappa shape index (κ2) is 10.2. The van der Waals surface area contributed by atoms with Crippen molar-refractivity contribution < 1.29 is 4.74 Å². The molecule has 0 bridgehead atoms. The van der Waals surface area contributed by atoms with Crippen LogP contribution in [0.25, 0.3) is 0 Å². The van der Waals surface area contributed by atoms with E-state index < -0.39 is 0 Å². The molecular formula is C14H29NOS. The van der Waals surface area contributed by atoms with Crippen LogP contribution in [0.4, 0.5) is 0 Å². The molecule has 1 aliphatic heterocycles. The van der Waals surface area contributed by atoms with Gasteiger partial charge in [0, 0.05) is 13.2 Å². The topological polar surface area (TPSA) is 12.5 Å². The predicted octanol–water partition coefficient (Wildman–Crippen LogP) is 3.37. The van der Waals surface area contributed by atoms with E-state index in [1.807, 2.05) is 0 Å². The van der Waals surface area contributed by atoms with Crippen molar-refractivity contribution in [2.75, 3.05) is 32.0 Å². The Hall–Kier alpha value is 0.270. The Labute approximate surface area is 113 Å². The number of hydrogen-bond donors (Lipinski definition) is 1. The van der Waals surface area contributed by atoms with Gasteiger partial charge >= 0.3 is 0 Å². The number of thiol groups is 1. The van der Waals surface area contributed by atoms with Crippen molar-refractivity contribution in [1.29, 1.82) is 0 Å². The van der Waals surface area contributed by atoms with Gasteiger partial charge < -0.3 is 9.64 Å². The second-order valence-electron chi connectivity index (χ2n) is 5.07. The van der Waals surface area contributed by atoms with Crippen LogP contribution in [0.3, 0.4) is 0 Å². The zero-order valence-corrected chi connectivity index (χ0v) is 12.3. The Morgan fingerprint density at radius 3 is 2.82 bits per heavy atom. The van der Waals surface area contributed by atoms with Crippen molar-refractivity contribution >= 4 is 12.6 Å². The number of nitrogens with zero attached hydrogens (tertiary/aromatic N) is 1. The lowest BCUT2D eigenvalue weighted by Gasteiger charge is -2.32. The summed E-state index contributed by atoms with van der Waals surface area (Å²) in [6.45, 7) is 6.81. The Balaban J connectivity index is 2.03. The molecule has 17 heavy (non-hydrogen) atoms. The highest BCUT2D eigenvalue weighted by Crippen LogP contribution is 2.14. The standard InChI is InChI=1S/C14H29NOS/c1-2-11-16-14-8-7-10-15(13-14)9-5-3-4-6-12-17/h14,17H,2-13H2,1H3. The first-order valence-electron chi connectivity index (χ1n) is 7.31. The van der Waals surface area contributed by atoms with Crippen molar-refractivity contribution in [1.82, 2.24) is 4.90 Å². The van der Waals surface area contributed by atoms with Crippen LogP contribution >= 0.6 is 12.6 Å². The van der Waals surface area contributed by atoms with E-state index in [4.69, 9.17) is 4.74 Å². The van der Waals surface area contributed by atoms with Crippen LogP contribution in [0.5, 0.6) is 0 Å². The summed E-state index contributed by atoms with van der Waals surface area (Å²) in [7, 11) is 0. The molecule has 1 fully saturated rings. The monoisotopic (exact) mass is 259 g/mol. The van der Waals surface area contributed by atoms with Gasteiger partial charge in [-0.25, -0.2) is 0 Å². The smallest absolute Gasteiger partial charge is 0.0702 e. The van der Waals surface area contributed by atoms with Gasteiger partial charge in [-0.15, -0.1) is 0 Å². The molecule has 0 spiro atoms. The van der Waals surface area contributed by atoms with Crippen molar-refractivity contribution in [2.45, 2.75) is 58.0 Å². The van der Waals surface area contributed by atoms with E-state index >= 15 is 0 Å². The fourth-order valence-corrected chi connectivity index (χ4v) is 2.66. The molecule has 0 aliphatic carbocycles. The molecule has 0 saturated carbocycles. The van der Waals surface area contributed by atoms with Gasteiger partial charge in [-0.3, -0.25) is 0 Å². The largest absolute Gasteiger partial charge is 0.377 e. The minimum absolute atomic E-state index is 0.501. The molecule has 2 nitrogen and oxygen atoms in total. The summed E-state index contributed by atoms with van der Waals surface area (Å²) in [6.07, 6.45) is 9.52. The van der Waals surface area contributed by atoms with E-state index in [9.17, 15) is 0 Å². The fourth-order valence-electron chi connectivity index (χ4n) is 2.44. The third-order valence-electron chi connectivity index (χ3n) is 3.40. The lowest BCUT2D eigenvalue weighted by atomic mass is 10.1. The summed E-state index contributed by atoms with van der Waals surface area (Å²) in [5.41, 5.74) is 0. The molecule has 1 atom stereocenters. The van der Waals surface area contributed by atoms with Crippen molar-refractivity contribution in [3.63, 3.8) is 0 Å². The van der Waals surface area contributed by atoms with Crippen LogP contribution in [0.2, 0.25) is 0 Å². The van der Waals surface area contributed by atoms with Crippen molar-refractivity contribution in [3.05, 3.63) is 0 Å². The van der Waals surface area contributed by atoms with E-state index in [0.717, 1.165) is 25.3 Å². The van der Waals surface area contributed by atoms with Crippen molar-refractivity contribution in [2.24, 2.45) is 0 Å². The summed E-state index contributed by atoms with van der Waals surface area (Å²) in [4.78, 5) is 2.59. The van der Waals surface area contributed by atoms with Crippen LogP contribution in [-0.2, 0) is 4.74 Å². The third-order valence-corrected chi connectivity index (χ3v) is 3.72. The molecule has 0 radical (unpaired) electrons. The maximum absolute atomic E-state index is 5.86. The van der Waals surface area contributed by atoms with Crippen LogP contribution in [0.1, 0.15) is 51.9 Å². The molecule has 102 valence electrons. The molecular weight excluding hydrogens is 230 g/mol. The Morgan fingerprint density at radius 2 is 2.06 bits per heavy atom. The molecule has 1 rings (SSSR count). The Kier molecular flexibility index (Phi) is 9.21. The van der Waals surface area contributed by atoms with Gasteiger partial charge in [-0.05, 0) is 50.9 Å². The first kappa shape index (κ1) is 15.3. The van der Waals surface area contributed by atoms with Crippen LogP contribution in [0, 0.1) is 0 Å². The van der Waals surface area contributed by atoms with Crippen molar-refractivity contribution in [3.8, 4) is 0 Å². The Bertz CT molecular complexity index is 178. The first-order valence-corrected chi connectivity index (χ1v) is 7.95. The van der Waals surface area contributed by atoms with E-state index in [1.165, 1.54) is 51.6 Å². The van der Waals surface area contributed by atoms with Gasteiger partial charge in [0.2, 0.25) is 0 Å².